The average Bonchev–Trinajstić information content (AvgIpc) is 2.83. The van der Waals surface area contributed by atoms with Crippen molar-refractivity contribution in [1.82, 2.24) is 4.98 Å². The van der Waals surface area contributed by atoms with Crippen LogP contribution in [0.3, 0.4) is 0 Å². The second-order valence-electron chi connectivity index (χ2n) is 4.71. The fourth-order valence-corrected chi connectivity index (χ4v) is 3.33. The lowest BCUT2D eigenvalue weighted by Gasteiger charge is -2.21. The van der Waals surface area contributed by atoms with E-state index >= 15 is 0 Å². The zero-order valence-electron chi connectivity index (χ0n) is 10.5. The number of fused-ring (bicyclic) bond motifs is 1. The number of aromatic nitrogens is 1. The summed E-state index contributed by atoms with van der Waals surface area (Å²) in [6, 6.07) is 5.20. The van der Waals surface area contributed by atoms with Gasteiger partial charge in [0.25, 0.3) is 5.22 Å². The molecular weight excluding hydrogens is 264 g/mol. The van der Waals surface area contributed by atoms with E-state index in [0.717, 1.165) is 25.9 Å². The molecule has 2 N–H and O–H groups in total. The van der Waals surface area contributed by atoms with Crippen molar-refractivity contribution >= 4 is 27.6 Å². The monoisotopic (exact) mass is 280 g/mol. The zero-order valence-corrected chi connectivity index (χ0v) is 11.3. The Labute approximate surface area is 113 Å². The lowest BCUT2D eigenvalue weighted by molar-refractivity contribution is 0.0309. The van der Waals surface area contributed by atoms with Crippen molar-refractivity contribution in [3.05, 3.63) is 18.2 Å². The number of benzene rings is 1. The summed E-state index contributed by atoms with van der Waals surface area (Å²) in [6.07, 6.45) is 3.23. The van der Waals surface area contributed by atoms with Crippen LogP contribution < -0.4 is 5.73 Å². The molecule has 2 atom stereocenters. The number of anilines is 1. The second kappa shape index (κ2) is 5.30. The van der Waals surface area contributed by atoms with Gasteiger partial charge in [-0.2, -0.15) is 0 Å². The van der Waals surface area contributed by atoms with E-state index in [2.05, 4.69) is 4.98 Å². The van der Waals surface area contributed by atoms with Crippen molar-refractivity contribution in [2.24, 2.45) is 0 Å². The molecule has 0 amide bonds. The lowest BCUT2D eigenvalue weighted by Crippen LogP contribution is -2.25. The van der Waals surface area contributed by atoms with Crippen LogP contribution in [0.2, 0.25) is 0 Å². The van der Waals surface area contributed by atoms with Gasteiger partial charge in [0.15, 0.2) is 5.58 Å². The normalized spacial score (nSPS) is 21.6. The molecule has 6 heteroatoms. The smallest absolute Gasteiger partial charge is 0.288 e. The molecule has 2 aromatic rings. The van der Waals surface area contributed by atoms with Crippen LogP contribution in [-0.4, -0.2) is 27.7 Å². The Bertz CT molecular complexity index is 605. The first-order chi connectivity index (χ1) is 9.22. The number of rotatable bonds is 3. The van der Waals surface area contributed by atoms with E-state index in [1.54, 1.807) is 18.2 Å². The Morgan fingerprint density at radius 1 is 1.42 bits per heavy atom. The molecule has 1 aromatic heterocycles. The Morgan fingerprint density at radius 3 is 3.11 bits per heavy atom. The predicted molar refractivity (Wildman–Crippen MR) is 73.3 cm³/mol. The summed E-state index contributed by atoms with van der Waals surface area (Å²) < 4.78 is 23.3. The van der Waals surface area contributed by atoms with E-state index < -0.39 is 10.8 Å². The summed E-state index contributed by atoms with van der Waals surface area (Å²) in [5.74, 6) is 0.447. The fraction of sp³-hybridized carbons (Fsp3) is 0.462. The summed E-state index contributed by atoms with van der Waals surface area (Å²) in [5, 5.41) is 0.259. The Balaban J connectivity index is 1.77. The van der Waals surface area contributed by atoms with Crippen LogP contribution >= 0.6 is 0 Å². The molecule has 19 heavy (non-hydrogen) atoms. The summed E-state index contributed by atoms with van der Waals surface area (Å²) in [5.41, 5.74) is 7.56. The average molecular weight is 280 g/mol. The molecule has 1 saturated heterocycles. The maximum absolute atomic E-state index is 12.2. The van der Waals surface area contributed by atoms with E-state index in [1.165, 1.54) is 0 Å². The van der Waals surface area contributed by atoms with Gasteiger partial charge in [-0.25, -0.2) is 9.19 Å². The fourth-order valence-electron chi connectivity index (χ4n) is 2.20. The number of hydrogen-bond acceptors (Lipinski definition) is 5. The third-order valence-corrected chi connectivity index (χ3v) is 4.44. The van der Waals surface area contributed by atoms with Gasteiger partial charge in [0.1, 0.15) is 16.3 Å². The second-order valence-corrected chi connectivity index (χ2v) is 6.08. The molecule has 2 unspecified atom stereocenters. The van der Waals surface area contributed by atoms with Gasteiger partial charge in [0.05, 0.1) is 11.9 Å². The number of oxazole rings is 1. The quantitative estimate of drug-likeness (QED) is 0.871. The molecule has 2 heterocycles. The van der Waals surface area contributed by atoms with Gasteiger partial charge in [0.2, 0.25) is 0 Å². The molecule has 1 fully saturated rings. The molecule has 0 bridgehead atoms. The lowest BCUT2D eigenvalue weighted by atomic mass is 10.1. The highest BCUT2D eigenvalue weighted by molar-refractivity contribution is 7.84. The van der Waals surface area contributed by atoms with Crippen LogP contribution in [0.15, 0.2) is 27.8 Å². The number of nitrogens with two attached hydrogens (primary N) is 1. The maximum atomic E-state index is 12.2. The van der Waals surface area contributed by atoms with Gasteiger partial charge in [-0.05, 0) is 37.5 Å². The Morgan fingerprint density at radius 2 is 2.32 bits per heavy atom. The number of nitrogens with zero attached hydrogens (tertiary/aromatic N) is 1. The standard InChI is InChI=1S/C13H16N2O3S/c14-9-4-5-12-11(7-9)15-13(18-12)19(16)8-10-3-1-2-6-17-10/h4-5,7,10H,1-3,6,8,14H2. The number of hydrogen-bond donors (Lipinski definition) is 1. The van der Waals surface area contributed by atoms with E-state index in [0.29, 0.717) is 22.5 Å². The first kappa shape index (κ1) is 12.6. The van der Waals surface area contributed by atoms with Crippen LogP contribution in [0.4, 0.5) is 5.69 Å². The van der Waals surface area contributed by atoms with Crippen LogP contribution in [-0.2, 0) is 15.5 Å². The summed E-state index contributed by atoms with van der Waals surface area (Å²) in [7, 11) is -1.26. The molecule has 3 rings (SSSR count). The van der Waals surface area contributed by atoms with Crippen molar-refractivity contribution in [1.29, 1.82) is 0 Å². The van der Waals surface area contributed by atoms with Gasteiger partial charge >= 0.3 is 0 Å². The molecule has 0 saturated carbocycles. The van der Waals surface area contributed by atoms with Gasteiger partial charge in [-0.1, -0.05) is 0 Å². The first-order valence-corrected chi connectivity index (χ1v) is 7.70. The summed E-state index contributed by atoms with van der Waals surface area (Å²) in [6.45, 7) is 0.756. The molecule has 1 aliphatic rings. The zero-order chi connectivity index (χ0) is 13.2. The highest BCUT2D eigenvalue weighted by Gasteiger charge is 2.21. The van der Waals surface area contributed by atoms with E-state index in [1.807, 2.05) is 0 Å². The van der Waals surface area contributed by atoms with Gasteiger partial charge in [-0.3, -0.25) is 0 Å². The minimum Gasteiger partial charge on any atom is -0.430 e. The molecule has 0 aliphatic carbocycles. The molecule has 102 valence electrons. The third-order valence-electron chi connectivity index (χ3n) is 3.20. The number of ether oxygens (including phenoxy) is 1. The van der Waals surface area contributed by atoms with Gasteiger partial charge in [-0.15, -0.1) is 0 Å². The van der Waals surface area contributed by atoms with Gasteiger partial charge < -0.3 is 14.9 Å². The molecular formula is C13H16N2O3S. The van der Waals surface area contributed by atoms with E-state index in [9.17, 15) is 4.21 Å². The van der Waals surface area contributed by atoms with E-state index in [-0.39, 0.29) is 11.3 Å². The predicted octanol–water partition coefficient (Wildman–Crippen LogP) is 2.09. The van der Waals surface area contributed by atoms with Crippen molar-refractivity contribution in [2.45, 2.75) is 30.6 Å². The number of nitrogen functional groups attached to an aromatic ring is 1. The van der Waals surface area contributed by atoms with Crippen LogP contribution in [0, 0.1) is 0 Å². The van der Waals surface area contributed by atoms with Crippen LogP contribution in [0.5, 0.6) is 0 Å². The van der Waals surface area contributed by atoms with Gasteiger partial charge in [0, 0.05) is 12.3 Å². The van der Waals surface area contributed by atoms with E-state index in [4.69, 9.17) is 14.9 Å². The van der Waals surface area contributed by atoms with Crippen LogP contribution in [0.1, 0.15) is 19.3 Å². The van der Waals surface area contributed by atoms with Crippen molar-refractivity contribution in [3.8, 4) is 0 Å². The minimum atomic E-state index is -1.26. The highest BCUT2D eigenvalue weighted by atomic mass is 32.2. The van der Waals surface area contributed by atoms with Crippen molar-refractivity contribution in [3.63, 3.8) is 0 Å². The Hall–Kier alpha value is -1.40. The molecule has 0 radical (unpaired) electrons. The summed E-state index contributed by atoms with van der Waals surface area (Å²) in [4.78, 5) is 4.24. The third kappa shape index (κ3) is 2.79. The maximum Gasteiger partial charge on any atom is 0.288 e. The van der Waals surface area contributed by atoms with Crippen LogP contribution in [0.25, 0.3) is 11.1 Å². The minimum absolute atomic E-state index is 0.0506. The Kier molecular flexibility index (Phi) is 3.52. The largest absolute Gasteiger partial charge is 0.430 e. The molecule has 1 aromatic carbocycles. The molecule has 1 aliphatic heterocycles. The highest BCUT2D eigenvalue weighted by Crippen LogP contribution is 2.22. The molecule has 5 nitrogen and oxygen atoms in total. The first-order valence-electron chi connectivity index (χ1n) is 6.38. The topological polar surface area (TPSA) is 78.3 Å². The molecule has 0 spiro atoms. The summed E-state index contributed by atoms with van der Waals surface area (Å²) >= 11 is 0. The van der Waals surface area contributed by atoms with Crippen molar-refractivity contribution < 1.29 is 13.4 Å². The van der Waals surface area contributed by atoms with Crippen molar-refractivity contribution in [2.75, 3.05) is 18.1 Å². The SMILES string of the molecule is Nc1ccc2oc(S(=O)CC3CCCCO3)nc2c1.